The second-order valence-electron chi connectivity index (χ2n) is 4.52. The molecule has 1 amide bonds. The molecular weight excluding hydrogens is 226 g/mol. The molecule has 0 fully saturated rings. The van der Waals surface area contributed by atoms with Gasteiger partial charge in [0, 0.05) is 24.4 Å². The molecule has 1 aromatic rings. The number of carbonyl (C=O) groups excluding carboxylic acids is 2. The highest BCUT2D eigenvalue weighted by Crippen LogP contribution is 2.06. The topological polar surface area (TPSA) is 46.2 Å². The molecule has 98 valence electrons. The van der Waals surface area contributed by atoms with Crippen molar-refractivity contribution in [2.75, 3.05) is 0 Å². The Kier molecular flexibility index (Phi) is 6.12. The van der Waals surface area contributed by atoms with Crippen molar-refractivity contribution in [3.63, 3.8) is 0 Å². The van der Waals surface area contributed by atoms with Crippen molar-refractivity contribution in [3.05, 3.63) is 35.9 Å². The van der Waals surface area contributed by atoms with E-state index in [4.69, 9.17) is 0 Å². The van der Waals surface area contributed by atoms with E-state index >= 15 is 0 Å². The van der Waals surface area contributed by atoms with Crippen LogP contribution in [0.25, 0.3) is 0 Å². The van der Waals surface area contributed by atoms with Gasteiger partial charge in [-0.1, -0.05) is 37.3 Å². The lowest BCUT2D eigenvalue weighted by atomic mass is 10.1. The van der Waals surface area contributed by atoms with Crippen molar-refractivity contribution in [2.24, 2.45) is 0 Å². The van der Waals surface area contributed by atoms with Crippen LogP contribution in [0.2, 0.25) is 0 Å². The highest BCUT2D eigenvalue weighted by atomic mass is 16.1. The van der Waals surface area contributed by atoms with Crippen LogP contribution in [0.1, 0.15) is 49.9 Å². The SMILES string of the molecule is CCC(C)NC(=O)CCCC(=O)c1ccccc1. The second-order valence-corrected chi connectivity index (χ2v) is 4.52. The molecule has 1 N–H and O–H groups in total. The molecule has 0 aliphatic heterocycles. The lowest BCUT2D eigenvalue weighted by molar-refractivity contribution is -0.121. The lowest BCUT2D eigenvalue weighted by Crippen LogP contribution is -2.31. The molecule has 1 aromatic carbocycles. The predicted octanol–water partition coefficient (Wildman–Crippen LogP) is 2.95. The van der Waals surface area contributed by atoms with Crippen molar-refractivity contribution in [2.45, 2.75) is 45.6 Å². The molecule has 0 bridgehead atoms. The number of carbonyl (C=O) groups is 2. The van der Waals surface area contributed by atoms with Crippen LogP contribution < -0.4 is 5.32 Å². The molecule has 0 spiro atoms. The smallest absolute Gasteiger partial charge is 0.220 e. The van der Waals surface area contributed by atoms with Gasteiger partial charge in [0.1, 0.15) is 0 Å². The molecule has 3 heteroatoms. The minimum Gasteiger partial charge on any atom is -0.354 e. The van der Waals surface area contributed by atoms with Gasteiger partial charge in [-0.05, 0) is 19.8 Å². The van der Waals surface area contributed by atoms with Gasteiger partial charge in [-0.25, -0.2) is 0 Å². The zero-order chi connectivity index (χ0) is 13.4. The summed E-state index contributed by atoms with van der Waals surface area (Å²) >= 11 is 0. The molecule has 3 nitrogen and oxygen atoms in total. The summed E-state index contributed by atoms with van der Waals surface area (Å²) in [6.45, 7) is 4.01. The third kappa shape index (κ3) is 5.13. The van der Waals surface area contributed by atoms with E-state index in [9.17, 15) is 9.59 Å². The summed E-state index contributed by atoms with van der Waals surface area (Å²) in [7, 11) is 0. The van der Waals surface area contributed by atoms with Gasteiger partial charge < -0.3 is 5.32 Å². The number of hydrogen-bond donors (Lipinski definition) is 1. The number of rotatable bonds is 7. The number of nitrogens with one attached hydrogen (secondary N) is 1. The number of benzene rings is 1. The molecule has 0 saturated carbocycles. The van der Waals surface area contributed by atoms with E-state index in [2.05, 4.69) is 5.32 Å². The van der Waals surface area contributed by atoms with Gasteiger partial charge in [-0.2, -0.15) is 0 Å². The van der Waals surface area contributed by atoms with E-state index in [0.29, 0.717) is 19.3 Å². The lowest BCUT2D eigenvalue weighted by Gasteiger charge is -2.10. The molecule has 0 aliphatic carbocycles. The third-order valence-corrected chi connectivity index (χ3v) is 2.92. The van der Waals surface area contributed by atoms with Crippen LogP contribution in [0.3, 0.4) is 0 Å². The average Bonchev–Trinajstić information content (AvgIpc) is 2.39. The molecule has 0 heterocycles. The minimum atomic E-state index is 0.0326. The zero-order valence-electron chi connectivity index (χ0n) is 11.1. The summed E-state index contributed by atoms with van der Waals surface area (Å²) in [5, 5.41) is 2.89. The van der Waals surface area contributed by atoms with Gasteiger partial charge in [0.25, 0.3) is 0 Å². The number of Topliss-reactive ketones (excluding diaryl/α,β-unsaturated/α-hetero) is 1. The van der Waals surface area contributed by atoms with E-state index < -0.39 is 0 Å². The zero-order valence-corrected chi connectivity index (χ0v) is 11.1. The van der Waals surface area contributed by atoms with Gasteiger partial charge in [0.2, 0.25) is 5.91 Å². The van der Waals surface area contributed by atoms with Gasteiger partial charge in [0.15, 0.2) is 5.78 Å². The molecule has 18 heavy (non-hydrogen) atoms. The van der Waals surface area contributed by atoms with Crippen LogP contribution >= 0.6 is 0 Å². The number of hydrogen-bond acceptors (Lipinski definition) is 2. The fourth-order valence-corrected chi connectivity index (χ4v) is 1.63. The van der Waals surface area contributed by atoms with E-state index in [1.165, 1.54) is 0 Å². The normalized spacial score (nSPS) is 11.9. The van der Waals surface area contributed by atoms with Crippen molar-refractivity contribution in [1.29, 1.82) is 0 Å². The number of ketones is 1. The van der Waals surface area contributed by atoms with Crippen LogP contribution in [0.4, 0.5) is 0 Å². The first-order chi connectivity index (χ1) is 8.63. The highest BCUT2D eigenvalue weighted by Gasteiger charge is 2.08. The monoisotopic (exact) mass is 247 g/mol. The van der Waals surface area contributed by atoms with Gasteiger partial charge in [0.05, 0.1) is 0 Å². The van der Waals surface area contributed by atoms with Gasteiger partial charge in [-0.3, -0.25) is 9.59 Å². The number of amides is 1. The first kappa shape index (κ1) is 14.4. The minimum absolute atomic E-state index is 0.0326. The summed E-state index contributed by atoms with van der Waals surface area (Å²) in [6.07, 6.45) is 2.38. The van der Waals surface area contributed by atoms with Crippen molar-refractivity contribution in [3.8, 4) is 0 Å². The van der Waals surface area contributed by atoms with Crippen LogP contribution in [0.15, 0.2) is 30.3 Å². The van der Waals surface area contributed by atoms with Gasteiger partial charge in [-0.15, -0.1) is 0 Å². The molecular formula is C15H21NO2. The molecule has 0 aromatic heterocycles. The molecule has 0 saturated heterocycles. The Labute approximate surface area is 109 Å². The van der Waals surface area contributed by atoms with Gasteiger partial charge >= 0.3 is 0 Å². The maximum atomic E-state index is 11.8. The fraction of sp³-hybridized carbons (Fsp3) is 0.467. The summed E-state index contributed by atoms with van der Waals surface area (Å²) in [6, 6.07) is 9.41. The largest absolute Gasteiger partial charge is 0.354 e. The molecule has 0 radical (unpaired) electrons. The Morgan fingerprint density at radius 3 is 2.44 bits per heavy atom. The highest BCUT2D eigenvalue weighted by molar-refractivity contribution is 5.96. The average molecular weight is 247 g/mol. The van der Waals surface area contributed by atoms with E-state index in [0.717, 1.165) is 12.0 Å². The predicted molar refractivity (Wildman–Crippen MR) is 72.5 cm³/mol. The van der Waals surface area contributed by atoms with Crippen molar-refractivity contribution in [1.82, 2.24) is 5.32 Å². The fourth-order valence-electron chi connectivity index (χ4n) is 1.63. The van der Waals surface area contributed by atoms with Crippen molar-refractivity contribution >= 4 is 11.7 Å². The Balaban J connectivity index is 2.26. The Morgan fingerprint density at radius 1 is 1.17 bits per heavy atom. The van der Waals surface area contributed by atoms with Crippen LogP contribution in [-0.2, 0) is 4.79 Å². The molecule has 1 rings (SSSR count). The summed E-state index contributed by atoms with van der Waals surface area (Å²) in [5.41, 5.74) is 0.722. The Bertz CT molecular complexity index is 387. The maximum absolute atomic E-state index is 11.8. The maximum Gasteiger partial charge on any atom is 0.220 e. The third-order valence-electron chi connectivity index (χ3n) is 2.92. The first-order valence-electron chi connectivity index (χ1n) is 6.51. The standard InChI is InChI=1S/C15H21NO2/c1-3-12(2)16-15(18)11-7-10-14(17)13-8-5-4-6-9-13/h4-6,8-9,12H,3,7,10-11H2,1-2H3,(H,16,18). The van der Waals surface area contributed by atoms with Crippen molar-refractivity contribution < 1.29 is 9.59 Å². The Hall–Kier alpha value is -1.64. The molecule has 0 aliphatic rings. The quantitative estimate of drug-likeness (QED) is 0.753. The molecule has 1 unspecified atom stereocenters. The van der Waals surface area contributed by atoms with E-state index in [1.54, 1.807) is 0 Å². The second kappa shape index (κ2) is 7.64. The molecule has 1 atom stereocenters. The summed E-state index contributed by atoms with van der Waals surface area (Å²) in [5.74, 6) is 0.136. The first-order valence-corrected chi connectivity index (χ1v) is 6.51. The van der Waals surface area contributed by atoms with E-state index in [1.807, 2.05) is 44.2 Å². The summed E-state index contributed by atoms with van der Waals surface area (Å²) in [4.78, 5) is 23.3. The van der Waals surface area contributed by atoms with E-state index in [-0.39, 0.29) is 17.7 Å². The van der Waals surface area contributed by atoms with Crippen LogP contribution in [0.5, 0.6) is 0 Å². The van der Waals surface area contributed by atoms with Crippen LogP contribution in [-0.4, -0.2) is 17.7 Å². The Morgan fingerprint density at radius 2 is 1.83 bits per heavy atom. The summed E-state index contributed by atoms with van der Waals surface area (Å²) < 4.78 is 0. The van der Waals surface area contributed by atoms with Crippen LogP contribution in [0, 0.1) is 0 Å².